The lowest BCUT2D eigenvalue weighted by Crippen LogP contribution is -2.24. The largest absolute Gasteiger partial charge is 0.348 e. The molecule has 0 aliphatic rings. The number of amides is 1. The molecule has 1 aromatic heterocycles. The Labute approximate surface area is 90.0 Å². The summed E-state index contributed by atoms with van der Waals surface area (Å²) < 4.78 is 1.83. The average molecular weight is 207 g/mol. The first-order valence-electron chi connectivity index (χ1n) is 5.04. The molecule has 0 saturated heterocycles. The van der Waals surface area contributed by atoms with E-state index in [9.17, 15) is 4.79 Å². The maximum atomic E-state index is 11.8. The topological polar surface area (TPSA) is 46.9 Å². The van der Waals surface area contributed by atoms with Crippen molar-refractivity contribution in [3.05, 3.63) is 29.6 Å². The number of aromatic nitrogens is 2. The van der Waals surface area contributed by atoms with E-state index in [4.69, 9.17) is 0 Å². The molecule has 0 aliphatic heterocycles. The number of hydrogen-bond acceptors (Lipinski definition) is 2. The summed E-state index contributed by atoms with van der Waals surface area (Å²) >= 11 is 0. The standard InChI is InChI=1S/C11H17N3O/c1-5-7-12-11(15)10-8(3)13-14(6-2)9(10)4/h5H,1,6-7H2,2-4H3,(H,12,15). The molecule has 0 aliphatic carbocycles. The van der Waals surface area contributed by atoms with E-state index in [2.05, 4.69) is 17.0 Å². The van der Waals surface area contributed by atoms with Crippen LogP contribution in [0.25, 0.3) is 0 Å². The normalized spacial score (nSPS) is 10.1. The smallest absolute Gasteiger partial charge is 0.255 e. The van der Waals surface area contributed by atoms with Gasteiger partial charge in [0.1, 0.15) is 0 Å². The van der Waals surface area contributed by atoms with Crippen LogP contribution in [0.2, 0.25) is 0 Å². The van der Waals surface area contributed by atoms with Crippen molar-refractivity contribution in [2.75, 3.05) is 6.54 Å². The van der Waals surface area contributed by atoms with Crippen LogP contribution in [-0.2, 0) is 6.54 Å². The molecule has 4 heteroatoms. The van der Waals surface area contributed by atoms with E-state index in [1.807, 2.05) is 25.5 Å². The molecule has 15 heavy (non-hydrogen) atoms. The lowest BCUT2D eigenvalue weighted by atomic mass is 10.2. The summed E-state index contributed by atoms with van der Waals surface area (Å²) in [5.41, 5.74) is 2.37. The van der Waals surface area contributed by atoms with Crippen molar-refractivity contribution in [2.24, 2.45) is 0 Å². The van der Waals surface area contributed by atoms with Crippen LogP contribution in [0, 0.1) is 13.8 Å². The highest BCUT2D eigenvalue weighted by Gasteiger charge is 2.16. The second-order valence-electron chi connectivity index (χ2n) is 3.36. The van der Waals surface area contributed by atoms with Gasteiger partial charge >= 0.3 is 0 Å². The van der Waals surface area contributed by atoms with Gasteiger partial charge in [-0.25, -0.2) is 0 Å². The van der Waals surface area contributed by atoms with Gasteiger partial charge in [-0.15, -0.1) is 6.58 Å². The number of rotatable bonds is 4. The summed E-state index contributed by atoms with van der Waals surface area (Å²) in [6, 6.07) is 0. The summed E-state index contributed by atoms with van der Waals surface area (Å²) in [5.74, 6) is -0.0791. The van der Waals surface area contributed by atoms with Crippen molar-refractivity contribution in [3.63, 3.8) is 0 Å². The molecule has 0 unspecified atom stereocenters. The molecule has 0 bridgehead atoms. The fourth-order valence-corrected chi connectivity index (χ4v) is 1.59. The predicted octanol–water partition coefficient (Wildman–Crippen LogP) is 1.44. The monoisotopic (exact) mass is 207 g/mol. The number of carbonyl (C=O) groups excluding carboxylic acids is 1. The Hall–Kier alpha value is -1.58. The molecule has 0 radical (unpaired) electrons. The molecular formula is C11H17N3O. The van der Waals surface area contributed by atoms with Crippen molar-refractivity contribution >= 4 is 5.91 Å². The van der Waals surface area contributed by atoms with Gasteiger partial charge < -0.3 is 5.32 Å². The Balaban J connectivity index is 2.97. The van der Waals surface area contributed by atoms with Crippen LogP contribution in [0.3, 0.4) is 0 Å². The Morgan fingerprint density at radius 2 is 2.27 bits per heavy atom. The molecule has 0 spiro atoms. The van der Waals surface area contributed by atoms with Gasteiger partial charge in [-0.05, 0) is 20.8 Å². The summed E-state index contributed by atoms with van der Waals surface area (Å²) in [6.45, 7) is 10.6. The quantitative estimate of drug-likeness (QED) is 0.759. The molecular weight excluding hydrogens is 190 g/mol. The van der Waals surface area contributed by atoms with Crippen molar-refractivity contribution < 1.29 is 4.79 Å². The van der Waals surface area contributed by atoms with Gasteiger partial charge in [0.2, 0.25) is 0 Å². The minimum atomic E-state index is -0.0791. The average Bonchev–Trinajstić information content (AvgIpc) is 2.50. The molecule has 1 amide bonds. The second-order valence-corrected chi connectivity index (χ2v) is 3.36. The molecule has 1 N–H and O–H groups in total. The molecule has 0 fully saturated rings. The van der Waals surface area contributed by atoms with Gasteiger partial charge in [-0.2, -0.15) is 5.10 Å². The van der Waals surface area contributed by atoms with Crippen molar-refractivity contribution in [3.8, 4) is 0 Å². The maximum Gasteiger partial charge on any atom is 0.255 e. The van der Waals surface area contributed by atoms with E-state index in [-0.39, 0.29) is 5.91 Å². The Morgan fingerprint density at radius 1 is 1.60 bits per heavy atom. The number of hydrogen-bond donors (Lipinski definition) is 1. The third kappa shape index (κ3) is 2.26. The molecule has 0 saturated carbocycles. The van der Waals surface area contributed by atoms with Crippen LogP contribution in [0.5, 0.6) is 0 Å². The number of carbonyl (C=O) groups is 1. The fraction of sp³-hybridized carbons (Fsp3) is 0.455. The zero-order valence-corrected chi connectivity index (χ0v) is 9.50. The van der Waals surface area contributed by atoms with Gasteiger partial charge in [0.05, 0.1) is 11.3 Å². The first-order valence-corrected chi connectivity index (χ1v) is 5.04. The van der Waals surface area contributed by atoms with Crippen molar-refractivity contribution in [2.45, 2.75) is 27.3 Å². The number of nitrogens with zero attached hydrogens (tertiary/aromatic N) is 2. The Kier molecular flexibility index (Phi) is 3.66. The van der Waals surface area contributed by atoms with Gasteiger partial charge in [-0.1, -0.05) is 6.08 Å². The van der Waals surface area contributed by atoms with E-state index in [1.165, 1.54) is 0 Å². The minimum absolute atomic E-state index is 0.0791. The first kappa shape index (κ1) is 11.5. The fourth-order valence-electron chi connectivity index (χ4n) is 1.59. The van der Waals surface area contributed by atoms with Crippen LogP contribution >= 0.6 is 0 Å². The van der Waals surface area contributed by atoms with E-state index in [0.717, 1.165) is 17.9 Å². The van der Waals surface area contributed by atoms with Crippen LogP contribution in [0.4, 0.5) is 0 Å². The highest BCUT2D eigenvalue weighted by molar-refractivity contribution is 5.96. The van der Waals surface area contributed by atoms with Gasteiger partial charge in [0.25, 0.3) is 5.91 Å². The van der Waals surface area contributed by atoms with Crippen LogP contribution in [0.15, 0.2) is 12.7 Å². The van der Waals surface area contributed by atoms with Crippen molar-refractivity contribution in [1.29, 1.82) is 0 Å². The van der Waals surface area contributed by atoms with Crippen LogP contribution in [0.1, 0.15) is 28.7 Å². The molecule has 0 atom stereocenters. The van der Waals surface area contributed by atoms with E-state index < -0.39 is 0 Å². The van der Waals surface area contributed by atoms with E-state index in [1.54, 1.807) is 6.08 Å². The third-order valence-corrected chi connectivity index (χ3v) is 2.32. The van der Waals surface area contributed by atoms with Crippen LogP contribution < -0.4 is 5.32 Å². The van der Waals surface area contributed by atoms with E-state index in [0.29, 0.717) is 12.1 Å². The molecule has 0 aromatic carbocycles. The summed E-state index contributed by atoms with van der Waals surface area (Å²) in [5, 5.41) is 7.05. The van der Waals surface area contributed by atoms with Crippen LogP contribution in [-0.4, -0.2) is 22.2 Å². The minimum Gasteiger partial charge on any atom is -0.348 e. The molecule has 4 nitrogen and oxygen atoms in total. The maximum absolute atomic E-state index is 11.8. The number of aryl methyl sites for hydroxylation is 2. The van der Waals surface area contributed by atoms with E-state index >= 15 is 0 Å². The highest BCUT2D eigenvalue weighted by atomic mass is 16.1. The van der Waals surface area contributed by atoms with Gasteiger partial charge in [0, 0.05) is 18.8 Å². The number of nitrogens with one attached hydrogen (secondary N) is 1. The molecule has 1 heterocycles. The lowest BCUT2D eigenvalue weighted by molar-refractivity contribution is 0.0956. The zero-order valence-electron chi connectivity index (χ0n) is 9.50. The first-order chi connectivity index (χ1) is 7.11. The third-order valence-electron chi connectivity index (χ3n) is 2.32. The Bertz CT molecular complexity index is 379. The second kappa shape index (κ2) is 4.77. The SMILES string of the molecule is C=CCNC(=O)c1c(C)nn(CC)c1C. The van der Waals surface area contributed by atoms with Crippen molar-refractivity contribution in [1.82, 2.24) is 15.1 Å². The summed E-state index contributed by atoms with van der Waals surface area (Å²) in [4.78, 5) is 11.8. The van der Waals surface area contributed by atoms with Gasteiger partial charge in [-0.3, -0.25) is 9.48 Å². The zero-order chi connectivity index (χ0) is 11.4. The molecule has 1 aromatic rings. The molecule has 1 rings (SSSR count). The summed E-state index contributed by atoms with van der Waals surface area (Å²) in [6.07, 6.45) is 1.66. The Morgan fingerprint density at radius 3 is 2.73 bits per heavy atom. The summed E-state index contributed by atoms with van der Waals surface area (Å²) in [7, 11) is 0. The lowest BCUT2D eigenvalue weighted by Gasteiger charge is -2.03. The highest BCUT2D eigenvalue weighted by Crippen LogP contribution is 2.12. The van der Waals surface area contributed by atoms with Gasteiger partial charge in [0.15, 0.2) is 0 Å². The predicted molar refractivity (Wildman–Crippen MR) is 59.9 cm³/mol. The molecule has 82 valence electrons.